The van der Waals surface area contributed by atoms with Gasteiger partial charge in [-0.15, -0.1) is 0 Å². The molecule has 134 valence electrons. The van der Waals surface area contributed by atoms with E-state index in [0.29, 0.717) is 30.3 Å². The van der Waals surface area contributed by atoms with Crippen LogP contribution < -0.4 is 16.0 Å². The van der Waals surface area contributed by atoms with Crippen molar-refractivity contribution in [2.45, 2.75) is 26.3 Å². The lowest BCUT2D eigenvalue weighted by Gasteiger charge is -2.14. The van der Waals surface area contributed by atoms with Gasteiger partial charge >= 0.3 is 6.09 Å². The zero-order chi connectivity index (χ0) is 18.2. The van der Waals surface area contributed by atoms with E-state index in [0.717, 1.165) is 5.69 Å². The minimum Gasteiger partial charge on any atom is -0.453 e. The minimum atomic E-state index is -0.493. The maximum Gasteiger partial charge on any atom is 0.406 e. The molecule has 0 unspecified atom stereocenters. The van der Waals surface area contributed by atoms with E-state index < -0.39 is 6.09 Å². The molecule has 0 spiro atoms. The Morgan fingerprint density at radius 1 is 1.32 bits per heavy atom. The van der Waals surface area contributed by atoms with Crippen LogP contribution in [0, 0.1) is 6.92 Å². The van der Waals surface area contributed by atoms with E-state index in [-0.39, 0.29) is 11.9 Å². The quantitative estimate of drug-likeness (QED) is 0.606. The first-order valence-electron chi connectivity index (χ1n) is 7.86. The third kappa shape index (κ3) is 5.79. The molecule has 2 heterocycles. The van der Waals surface area contributed by atoms with Gasteiger partial charge in [-0.25, -0.2) is 9.78 Å². The SMILES string of the molecule is COC(=O)NCC[C@H](C)NC(=O)c1cccc(Nc2cc(C)[nH]n2)n1. The average Bonchev–Trinajstić information content (AvgIpc) is 2.99. The number of amides is 2. The number of carbonyl (C=O) groups excluding carboxylic acids is 2. The number of carbonyl (C=O) groups is 2. The standard InChI is InChI=1S/C16H22N6O3/c1-10(7-8-17-16(24)25-3)18-15(23)12-5-4-6-13(19-12)20-14-9-11(2)21-22-14/h4-6,9-10H,7-8H2,1-3H3,(H,17,24)(H,18,23)(H2,19,20,21,22)/t10-/m0/s1. The molecule has 1 atom stereocenters. The molecular formula is C16H22N6O3. The second-order valence-corrected chi connectivity index (χ2v) is 5.55. The molecule has 4 N–H and O–H groups in total. The third-order valence-corrected chi connectivity index (χ3v) is 3.35. The van der Waals surface area contributed by atoms with Crippen molar-refractivity contribution in [1.82, 2.24) is 25.8 Å². The van der Waals surface area contributed by atoms with Gasteiger partial charge in [-0.2, -0.15) is 5.10 Å². The number of alkyl carbamates (subject to hydrolysis) is 1. The number of nitrogens with one attached hydrogen (secondary N) is 4. The Labute approximate surface area is 145 Å². The summed E-state index contributed by atoms with van der Waals surface area (Å²) in [6.45, 7) is 4.15. The molecule has 0 radical (unpaired) electrons. The fraction of sp³-hybridized carbons (Fsp3) is 0.375. The van der Waals surface area contributed by atoms with Crippen LogP contribution in [0.25, 0.3) is 0 Å². The summed E-state index contributed by atoms with van der Waals surface area (Å²) in [5.41, 5.74) is 1.22. The summed E-state index contributed by atoms with van der Waals surface area (Å²) in [4.78, 5) is 27.5. The van der Waals surface area contributed by atoms with E-state index in [1.807, 2.05) is 19.9 Å². The molecule has 0 bridgehead atoms. The first-order chi connectivity index (χ1) is 12.0. The maximum atomic E-state index is 12.3. The van der Waals surface area contributed by atoms with Gasteiger partial charge < -0.3 is 20.7 Å². The van der Waals surface area contributed by atoms with Crippen molar-refractivity contribution in [3.05, 3.63) is 35.7 Å². The van der Waals surface area contributed by atoms with E-state index >= 15 is 0 Å². The highest BCUT2D eigenvalue weighted by Crippen LogP contribution is 2.13. The highest BCUT2D eigenvalue weighted by Gasteiger charge is 2.12. The van der Waals surface area contributed by atoms with Gasteiger partial charge in [-0.1, -0.05) is 6.07 Å². The van der Waals surface area contributed by atoms with Crippen LogP contribution in [0.15, 0.2) is 24.3 Å². The number of ether oxygens (including phenoxy) is 1. The number of H-pyrrole nitrogens is 1. The highest BCUT2D eigenvalue weighted by molar-refractivity contribution is 5.92. The van der Waals surface area contributed by atoms with Gasteiger partial charge in [-0.3, -0.25) is 9.89 Å². The number of pyridine rings is 1. The number of hydrogen-bond acceptors (Lipinski definition) is 6. The van der Waals surface area contributed by atoms with Gasteiger partial charge in [0.15, 0.2) is 5.82 Å². The smallest absolute Gasteiger partial charge is 0.406 e. The summed E-state index contributed by atoms with van der Waals surface area (Å²) in [6.07, 6.45) is 0.0817. The summed E-state index contributed by atoms with van der Waals surface area (Å²) in [5, 5.41) is 15.3. The Balaban J connectivity index is 1.88. The molecule has 25 heavy (non-hydrogen) atoms. The first-order valence-corrected chi connectivity index (χ1v) is 7.86. The third-order valence-electron chi connectivity index (χ3n) is 3.35. The zero-order valence-corrected chi connectivity index (χ0v) is 14.4. The van der Waals surface area contributed by atoms with E-state index in [2.05, 4.69) is 35.9 Å². The predicted octanol–water partition coefficient (Wildman–Crippen LogP) is 1.72. The number of hydrogen-bond donors (Lipinski definition) is 4. The van der Waals surface area contributed by atoms with Crippen LogP contribution in [0.3, 0.4) is 0 Å². The van der Waals surface area contributed by atoms with Crippen LogP contribution in [0.4, 0.5) is 16.4 Å². The van der Waals surface area contributed by atoms with Gasteiger partial charge in [0.2, 0.25) is 0 Å². The van der Waals surface area contributed by atoms with Crippen molar-refractivity contribution >= 4 is 23.6 Å². The summed E-state index contributed by atoms with van der Waals surface area (Å²) in [7, 11) is 1.30. The fourth-order valence-corrected chi connectivity index (χ4v) is 2.08. The molecule has 2 aromatic rings. The number of aryl methyl sites for hydroxylation is 1. The van der Waals surface area contributed by atoms with Crippen LogP contribution >= 0.6 is 0 Å². The van der Waals surface area contributed by atoms with Gasteiger partial charge in [0.25, 0.3) is 5.91 Å². The summed E-state index contributed by atoms with van der Waals surface area (Å²) in [5.74, 6) is 0.872. The summed E-state index contributed by atoms with van der Waals surface area (Å²) < 4.78 is 4.48. The highest BCUT2D eigenvalue weighted by atomic mass is 16.5. The van der Waals surface area contributed by atoms with Crippen LogP contribution in [-0.4, -0.2) is 46.9 Å². The molecule has 0 aliphatic heterocycles. The molecule has 0 aromatic carbocycles. The van der Waals surface area contributed by atoms with Crippen LogP contribution in [-0.2, 0) is 4.74 Å². The van der Waals surface area contributed by atoms with E-state index in [9.17, 15) is 9.59 Å². The number of methoxy groups -OCH3 is 1. The van der Waals surface area contributed by atoms with Crippen molar-refractivity contribution in [2.75, 3.05) is 19.0 Å². The second kappa shape index (κ2) is 8.67. The van der Waals surface area contributed by atoms with Crippen molar-refractivity contribution in [3.63, 3.8) is 0 Å². The maximum absolute atomic E-state index is 12.3. The number of nitrogens with zero attached hydrogens (tertiary/aromatic N) is 2. The lowest BCUT2D eigenvalue weighted by molar-refractivity contribution is 0.0933. The van der Waals surface area contributed by atoms with Crippen LogP contribution in [0.1, 0.15) is 29.5 Å². The number of aromatic nitrogens is 3. The molecule has 0 saturated heterocycles. The van der Waals surface area contributed by atoms with Crippen LogP contribution in [0.2, 0.25) is 0 Å². The lowest BCUT2D eigenvalue weighted by Crippen LogP contribution is -2.36. The van der Waals surface area contributed by atoms with E-state index in [1.54, 1.807) is 18.2 Å². The molecule has 0 aliphatic carbocycles. The molecule has 2 rings (SSSR count). The van der Waals surface area contributed by atoms with Gasteiger partial charge in [0, 0.05) is 24.3 Å². The molecular weight excluding hydrogens is 324 g/mol. The second-order valence-electron chi connectivity index (χ2n) is 5.55. The Bertz CT molecular complexity index is 730. The molecule has 2 aromatic heterocycles. The molecule has 0 saturated carbocycles. The average molecular weight is 346 g/mol. The van der Waals surface area contributed by atoms with Gasteiger partial charge in [0.05, 0.1) is 7.11 Å². The van der Waals surface area contributed by atoms with E-state index in [1.165, 1.54) is 7.11 Å². The Hall–Kier alpha value is -3.10. The van der Waals surface area contributed by atoms with Crippen molar-refractivity contribution < 1.29 is 14.3 Å². The number of rotatable bonds is 7. The minimum absolute atomic E-state index is 0.128. The monoisotopic (exact) mass is 346 g/mol. The van der Waals surface area contributed by atoms with Gasteiger partial charge in [0.1, 0.15) is 11.5 Å². The normalized spacial score (nSPS) is 11.5. The fourth-order valence-electron chi connectivity index (χ4n) is 2.08. The van der Waals surface area contributed by atoms with Gasteiger partial charge in [-0.05, 0) is 32.4 Å². The molecule has 2 amide bonds. The summed E-state index contributed by atoms with van der Waals surface area (Å²) in [6, 6.07) is 6.84. The van der Waals surface area contributed by atoms with Crippen LogP contribution in [0.5, 0.6) is 0 Å². The van der Waals surface area contributed by atoms with Crippen molar-refractivity contribution in [2.24, 2.45) is 0 Å². The first kappa shape index (κ1) is 18.2. The Morgan fingerprint density at radius 2 is 2.12 bits per heavy atom. The molecule has 9 nitrogen and oxygen atoms in total. The lowest BCUT2D eigenvalue weighted by atomic mass is 10.2. The van der Waals surface area contributed by atoms with Crippen molar-refractivity contribution in [1.29, 1.82) is 0 Å². The van der Waals surface area contributed by atoms with Crippen molar-refractivity contribution in [3.8, 4) is 0 Å². The predicted molar refractivity (Wildman–Crippen MR) is 92.8 cm³/mol. The largest absolute Gasteiger partial charge is 0.453 e. The Kier molecular flexibility index (Phi) is 6.33. The molecule has 0 fully saturated rings. The van der Waals surface area contributed by atoms with E-state index in [4.69, 9.17) is 0 Å². The zero-order valence-electron chi connectivity index (χ0n) is 14.4. The molecule has 0 aliphatic rings. The summed E-state index contributed by atoms with van der Waals surface area (Å²) >= 11 is 0. The molecule has 9 heteroatoms. The topological polar surface area (TPSA) is 121 Å². The number of aromatic amines is 1. The number of anilines is 2. The Morgan fingerprint density at radius 3 is 2.80 bits per heavy atom.